The average Bonchev–Trinajstić information content (AvgIpc) is 2.42. The number of rotatable bonds is 3. The lowest BCUT2D eigenvalue weighted by Gasteiger charge is -2.24. The lowest BCUT2D eigenvalue weighted by molar-refractivity contribution is -0.120. The smallest absolute Gasteiger partial charge is 0.248 e. The summed E-state index contributed by atoms with van der Waals surface area (Å²) in [6.45, 7) is 1.69. The Morgan fingerprint density at radius 3 is 2.26 bits per heavy atom. The highest BCUT2D eigenvalue weighted by Crippen LogP contribution is 2.20. The molecule has 2 aromatic rings. The summed E-state index contributed by atoms with van der Waals surface area (Å²) in [6, 6.07) is 16.2. The number of amides is 1. The second-order valence-electron chi connectivity index (χ2n) is 4.53. The third kappa shape index (κ3) is 3.13. The van der Waals surface area contributed by atoms with Crippen LogP contribution in [0.25, 0.3) is 0 Å². The molecule has 1 amide bonds. The highest BCUT2D eigenvalue weighted by Gasteiger charge is 2.30. The molecule has 1 atom stereocenters. The van der Waals surface area contributed by atoms with Gasteiger partial charge in [0.2, 0.25) is 5.91 Å². The van der Waals surface area contributed by atoms with Crippen molar-refractivity contribution in [2.75, 3.05) is 5.32 Å². The van der Waals surface area contributed by atoms with E-state index in [2.05, 4.69) is 5.32 Å². The molecule has 2 aromatic carbocycles. The molecule has 3 nitrogen and oxygen atoms in total. The summed E-state index contributed by atoms with van der Waals surface area (Å²) in [7, 11) is 0. The van der Waals surface area contributed by atoms with Crippen LogP contribution < -0.4 is 11.1 Å². The van der Waals surface area contributed by atoms with Gasteiger partial charge >= 0.3 is 0 Å². The summed E-state index contributed by atoms with van der Waals surface area (Å²) in [6.07, 6.45) is 0. The van der Waals surface area contributed by atoms with E-state index < -0.39 is 5.54 Å². The molecule has 0 aliphatic carbocycles. The SMILES string of the molecule is CC(N)(C(=O)Nc1ccc(Cl)cc1)c1ccccc1. The van der Waals surface area contributed by atoms with Crippen molar-refractivity contribution in [2.24, 2.45) is 5.73 Å². The third-order valence-corrected chi connectivity index (χ3v) is 3.20. The number of carbonyl (C=O) groups excluding carboxylic acids is 1. The van der Waals surface area contributed by atoms with Crippen LogP contribution in [0.1, 0.15) is 12.5 Å². The van der Waals surface area contributed by atoms with Crippen molar-refractivity contribution < 1.29 is 4.79 Å². The Bertz CT molecular complexity index is 564. The summed E-state index contributed by atoms with van der Waals surface area (Å²) in [5, 5.41) is 3.41. The van der Waals surface area contributed by atoms with Crippen molar-refractivity contribution in [3.63, 3.8) is 0 Å². The number of carbonyl (C=O) groups is 1. The quantitative estimate of drug-likeness (QED) is 0.903. The monoisotopic (exact) mass is 274 g/mol. The van der Waals surface area contributed by atoms with Crippen molar-refractivity contribution in [2.45, 2.75) is 12.5 Å². The molecule has 0 aliphatic rings. The predicted octanol–water partition coefficient (Wildman–Crippen LogP) is 3.15. The van der Waals surface area contributed by atoms with E-state index in [0.29, 0.717) is 10.7 Å². The molecule has 0 heterocycles. The van der Waals surface area contributed by atoms with Gasteiger partial charge in [-0.1, -0.05) is 41.9 Å². The van der Waals surface area contributed by atoms with Crippen LogP contribution in [-0.2, 0) is 10.3 Å². The third-order valence-electron chi connectivity index (χ3n) is 2.95. The highest BCUT2D eigenvalue weighted by molar-refractivity contribution is 6.30. The summed E-state index contributed by atoms with van der Waals surface area (Å²) in [5.74, 6) is -0.263. The Morgan fingerprint density at radius 1 is 1.11 bits per heavy atom. The van der Waals surface area contributed by atoms with Gasteiger partial charge < -0.3 is 11.1 Å². The minimum absolute atomic E-state index is 0.263. The van der Waals surface area contributed by atoms with Crippen molar-refractivity contribution in [3.8, 4) is 0 Å². The zero-order valence-corrected chi connectivity index (χ0v) is 11.3. The van der Waals surface area contributed by atoms with Gasteiger partial charge in [0.05, 0.1) is 0 Å². The van der Waals surface area contributed by atoms with Crippen LogP contribution in [-0.4, -0.2) is 5.91 Å². The number of nitrogens with two attached hydrogens (primary N) is 1. The van der Waals surface area contributed by atoms with Crippen molar-refractivity contribution in [3.05, 3.63) is 65.2 Å². The lowest BCUT2D eigenvalue weighted by atomic mass is 9.92. The maximum atomic E-state index is 12.3. The molecule has 98 valence electrons. The first kappa shape index (κ1) is 13.6. The summed E-state index contributed by atoms with van der Waals surface area (Å²) < 4.78 is 0. The molecule has 0 fully saturated rings. The van der Waals surface area contributed by atoms with E-state index in [1.165, 1.54) is 0 Å². The first-order valence-corrected chi connectivity index (χ1v) is 6.29. The highest BCUT2D eigenvalue weighted by atomic mass is 35.5. The Labute approximate surface area is 117 Å². The van der Waals surface area contributed by atoms with E-state index >= 15 is 0 Å². The molecule has 2 rings (SSSR count). The van der Waals surface area contributed by atoms with Gasteiger partial charge in [0.1, 0.15) is 5.54 Å². The molecule has 0 aliphatic heterocycles. The number of anilines is 1. The van der Waals surface area contributed by atoms with Crippen LogP contribution in [0.4, 0.5) is 5.69 Å². The fourth-order valence-electron chi connectivity index (χ4n) is 1.71. The first-order valence-electron chi connectivity index (χ1n) is 5.91. The molecule has 1 unspecified atom stereocenters. The number of nitrogens with one attached hydrogen (secondary N) is 1. The number of hydrogen-bond donors (Lipinski definition) is 2. The predicted molar refractivity (Wildman–Crippen MR) is 78.1 cm³/mol. The second kappa shape index (κ2) is 5.43. The minimum atomic E-state index is -1.08. The van der Waals surface area contributed by atoms with E-state index in [4.69, 9.17) is 17.3 Å². The van der Waals surface area contributed by atoms with Crippen molar-refractivity contribution >= 4 is 23.2 Å². The van der Waals surface area contributed by atoms with Crippen LogP contribution in [0.3, 0.4) is 0 Å². The number of halogens is 1. The van der Waals surface area contributed by atoms with Gasteiger partial charge in [0.25, 0.3) is 0 Å². The van der Waals surface area contributed by atoms with Crippen LogP contribution in [0.15, 0.2) is 54.6 Å². The zero-order valence-electron chi connectivity index (χ0n) is 10.6. The topological polar surface area (TPSA) is 55.1 Å². The second-order valence-corrected chi connectivity index (χ2v) is 4.97. The minimum Gasteiger partial charge on any atom is -0.324 e. The molecule has 0 saturated heterocycles. The molecule has 0 saturated carbocycles. The van der Waals surface area contributed by atoms with E-state index in [1.807, 2.05) is 30.3 Å². The largest absolute Gasteiger partial charge is 0.324 e. The molecule has 19 heavy (non-hydrogen) atoms. The Hall–Kier alpha value is -1.84. The maximum Gasteiger partial charge on any atom is 0.248 e. The molecule has 4 heteroatoms. The molecule has 0 radical (unpaired) electrons. The molecule has 0 spiro atoms. The van der Waals surface area contributed by atoms with E-state index in [-0.39, 0.29) is 5.91 Å². The molecular weight excluding hydrogens is 260 g/mol. The molecule has 0 aromatic heterocycles. The Kier molecular flexibility index (Phi) is 3.88. The standard InChI is InChI=1S/C15H15ClN2O/c1-15(17,11-5-3-2-4-6-11)14(19)18-13-9-7-12(16)8-10-13/h2-10H,17H2,1H3,(H,18,19). The van der Waals surface area contributed by atoms with Gasteiger partial charge in [0, 0.05) is 10.7 Å². The van der Waals surface area contributed by atoms with Gasteiger partial charge in [-0.15, -0.1) is 0 Å². The average molecular weight is 275 g/mol. The fourth-order valence-corrected chi connectivity index (χ4v) is 1.84. The van der Waals surface area contributed by atoms with Crippen LogP contribution >= 0.6 is 11.6 Å². The van der Waals surface area contributed by atoms with E-state index in [9.17, 15) is 4.79 Å². The summed E-state index contributed by atoms with van der Waals surface area (Å²) in [4.78, 5) is 12.3. The van der Waals surface area contributed by atoms with E-state index in [0.717, 1.165) is 5.56 Å². The molecule has 0 bridgehead atoms. The molecular formula is C15H15ClN2O. The Balaban J connectivity index is 2.17. The van der Waals surface area contributed by atoms with Crippen LogP contribution in [0, 0.1) is 0 Å². The number of hydrogen-bond acceptors (Lipinski definition) is 2. The van der Waals surface area contributed by atoms with Crippen molar-refractivity contribution in [1.82, 2.24) is 0 Å². The Morgan fingerprint density at radius 2 is 1.68 bits per heavy atom. The summed E-state index contributed by atoms with van der Waals surface area (Å²) >= 11 is 5.80. The van der Waals surface area contributed by atoms with Gasteiger partial charge in [0.15, 0.2) is 0 Å². The molecule has 3 N–H and O–H groups in total. The fraction of sp³-hybridized carbons (Fsp3) is 0.133. The van der Waals surface area contributed by atoms with E-state index in [1.54, 1.807) is 31.2 Å². The van der Waals surface area contributed by atoms with Crippen LogP contribution in [0.2, 0.25) is 5.02 Å². The lowest BCUT2D eigenvalue weighted by Crippen LogP contribution is -2.45. The first-order chi connectivity index (χ1) is 9.00. The normalized spacial score (nSPS) is 13.6. The van der Waals surface area contributed by atoms with Crippen LogP contribution in [0.5, 0.6) is 0 Å². The maximum absolute atomic E-state index is 12.3. The van der Waals surface area contributed by atoms with Gasteiger partial charge in [-0.2, -0.15) is 0 Å². The summed E-state index contributed by atoms with van der Waals surface area (Å²) in [5.41, 5.74) is 6.47. The van der Waals surface area contributed by atoms with Crippen molar-refractivity contribution in [1.29, 1.82) is 0 Å². The zero-order chi connectivity index (χ0) is 13.9. The van der Waals surface area contributed by atoms with Gasteiger partial charge in [-0.3, -0.25) is 4.79 Å². The van der Waals surface area contributed by atoms with Gasteiger partial charge in [-0.05, 0) is 36.8 Å². The number of benzene rings is 2. The van der Waals surface area contributed by atoms with Gasteiger partial charge in [-0.25, -0.2) is 0 Å².